The van der Waals surface area contributed by atoms with Crippen LogP contribution in [0.4, 0.5) is 5.82 Å². The minimum atomic E-state index is -1.24. The molecule has 2 aromatic heterocycles. The third kappa shape index (κ3) is 1.88. The zero-order valence-corrected chi connectivity index (χ0v) is 11.7. The maximum Gasteiger partial charge on any atom is 0.181 e. The van der Waals surface area contributed by atoms with Crippen LogP contribution in [0, 0.1) is 0 Å². The number of hydrogen-bond donors (Lipinski definition) is 4. The van der Waals surface area contributed by atoms with Crippen LogP contribution in [-0.4, -0.2) is 60.0 Å². The maximum atomic E-state index is 10.0. The SMILES string of the molecule is Nc1ncnc2c1c(Br)nn2[C@@H]1O[C@H](CO)[C@@H](O)[C@H]1O. The molecule has 0 bridgehead atoms. The lowest BCUT2D eigenvalue weighted by Gasteiger charge is -2.15. The van der Waals surface area contributed by atoms with Gasteiger partial charge in [-0.3, -0.25) is 0 Å². The molecule has 108 valence electrons. The van der Waals surface area contributed by atoms with E-state index in [1.807, 2.05) is 0 Å². The van der Waals surface area contributed by atoms with Crippen molar-refractivity contribution >= 4 is 32.8 Å². The Bertz CT molecular complexity index is 650. The number of nitrogens with two attached hydrogens (primary N) is 1. The van der Waals surface area contributed by atoms with Crippen LogP contribution in [0.1, 0.15) is 6.23 Å². The molecule has 9 nitrogen and oxygen atoms in total. The molecule has 0 aromatic carbocycles. The fraction of sp³-hybridized carbons (Fsp3) is 0.500. The van der Waals surface area contributed by atoms with E-state index in [4.69, 9.17) is 15.6 Å². The number of fused-ring (bicyclic) bond motifs is 1. The zero-order chi connectivity index (χ0) is 14.4. The van der Waals surface area contributed by atoms with Crippen molar-refractivity contribution in [3.63, 3.8) is 0 Å². The van der Waals surface area contributed by atoms with Crippen LogP contribution >= 0.6 is 15.9 Å². The number of aliphatic hydroxyl groups is 3. The Labute approximate surface area is 121 Å². The second-order valence-corrected chi connectivity index (χ2v) is 5.17. The highest BCUT2D eigenvalue weighted by Gasteiger charge is 2.44. The molecular weight excluding hydrogens is 334 g/mol. The molecular formula is C10H12BrN5O4. The lowest BCUT2D eigenvalue weighted by Crippen LogP contribution is -2.33. The predicted molar refractivity (Wildman–Crippen MR) is 70.4 cm³/mol. The van der Waals surface area contributed by atoms with Crippen molar-refractivity contribution < 1.29 is 20.1 Å². The van der Waals surface area contributed by atoms with Crippen molar-refractivity contribution in [1.82, 2.24) is 19.7 Å². The van der Waals surface area contributed by atoms with Gasteiger partial charge in [-0.2, -0.15) is 5.10 Å². The summed E-state index contributed by atoms with van der Waals surface area (Å²) in [4.78, 5) is 7.93. The molecule has 0 aliphatic carbocycles. The molecule has 0 radical (unpaired) electrons. The molecule has 3 rings (SSSR count). The average Bonchev–Trinajstić information content (AvgIpc) is 2.90. The highest BCUT2D eigenvalue weighted by molar-refractivity contribution is 9.10. The summed E-state index contributed by atoms with van der Waals surface area (Å²) >= 11 is 3.24. The minimum absolute atomic E-state index is 0.236. The standard InChI is InChI=1S/C10H12BrN5O4/c11-7-4-8(12)13-2-14-9(4)16(15-7)10-6(19)5(18)3(1-17)20-10/h2-3,5-6,10,17-19H,1H2,(H2,12,13,14)/t3-,5-,6-,10-/m1/s1. The van der Waals surface area contributed by atoms with E-state index in [9.17, 15) is 10.2 Å². The summed E-state index contributed by atoms with van der Waals surface area (Å²) in [6, 6.07) is 0. The topological polar surface area (TPSA) is 140 Å². The number of aromatic nitrogens is 4. The summed E-state index contributed by atoms with van der Waals surface area (Å²) in [6.45, 7) is -0.410. The Morgan fingerprint density at radius 1 is 1.35 bits per heavy atom. The first kappa shape index (κ1) is 13.6. The molecule has 1 aliphatic heterocycles. The average molecular weight is 346 g/mol. The molecule has 1 saturated heterocycles. The molecule has 20 heavy (non-hydrogen) atoms. The first-order valence-electron chi connectivity index (χ1n) is 5.81. The van der Waals surface area contributed by atoms with Gasteiger partial charge in [0.15, 0.2) is 11.9 Å². The summed E-state index contributed by atoms with van der Waals surface area (Å²) in [7, 11) is 0. The van der Waals surface area contributed by atoms with Gasteiger partial charge in [0.25, 0.3) is 0 Å². The molecule has 2 aromatic rings. The minimum Gasteiger partial charge on any atom is -0.394 e. The van der Waals surface area contributed by atoms with E-state index in [1.54, 1.807) is 0 Å². The van der Waals surface area contributed by atoms with Gasteiger partial charge in [-0.15, -0.1) is 0 Å². The van der Waals surface area contributed by atoms with Crippen LogP contribution in [0.3, 0.4) is 0 Å². The van der Waals surface area contributed by atoms with Crippen LogP contribution in [0.15, 0.2) is 10.9 Å². The largest absolute Gasteiger partial charge is 0.394 e. The second-order valence-electron chi connectivity index (χ2n) is 4.42. The molecule has 10 heteroatoms. The molecule has 0 saturated carbocycles. The van der Waals surface area contributed by atoms with E-state index >= 15 is 0 Å². The molecule has 0 unspecified atom stereocenters. The van der Waals surface area contributed by atoms with Crippen molar-refractivity contribution in [3.05, 3.63) is 10.9 Å². The van der Waals surface area contributed by atoms with Gasteiger partial charge in [0.1, 0.15) is 35.1 Å². The normalized spacial score (nSPS) is 30.2. The van der Waals surface area contributed by atoms with E-state index in [0.29, 0.717) is 15.6 Å². The van der Waals surface area contributed by atoms with Crippen molar-refractivity contribution in [3.8, 4) is 0 Å². The second kappa shape index (κ2) is 4.90. The van der Waals surface area contributed by atoms with Gasteiger partial charge >= 0.3 is 0 Å². The first-order valence-corrected chi connectivity index (χ1v) is 6.60. The summed E-state index contributed by atoms with van der Waals surface area (Å²) in [5.74, 6) is 0.236. The van der Waals surface area contributed by atoms with Gasteiger partial charge in [-0.05, 0) is 15.9 Å². The van der Waals surface area contributed by atoms with Crippen LogP contribution in [0.2, 0.25) is 0 Å². The van der Waals surface area contributed by atoms with E-state index in [1.165, 1.54) is 11.0 Å². The third-order valence-corrected chi connectivity index (χ3v) is 3.79. The molecule has 0 spiro atoms. The number of rotatable bonds is 2. The van der Waals surface area contributed by atoms with Crippen LogP contribution in [0.25, 0.3) is 11.0 Å². The van der Waals surface area contributed by atoms with Crippen LogP contribution in [-0.2, 0) is 4.74 Å². The Morgan fingerprint density at radius 3 is 2.75 bits per heavy atom. The van der Waals surface area contributed by atoms with E-state index in [-0.39, 0.29) is 5.82 Å². The Balaban J connectivity index is 2.10. The fourth-order valence-electron chi connectivity index (χ4n) is 2.21. The monoisotopic (exact) mass is 345 g/mol. The third-order valence-electron chi connectivity index (χ3n) is 3.23. The molecule has 1 aliphatic rings. The number of aliphatic hydroxyl groups excluding tert-OH is 3. The van der Waals surface area contributed by atoms with Gasteiger partial charge in [0.2, 0.25) is 0 Å². The van der Waals surface area contributed by atoms with Crippen molar-refractivity contribution in [2.45, 2.75) is 24.5 Å². The summed E-state index contributed by atoms with van der Waals surface area (Å²) in [5.41, 5.74) is 6.12. The summed E-state index contributed by atoms with van der Waals surface area (Å²) < 4.78 is 7.12. The Morgan fingerprint density at radius 2 is 2.10 bits per heavy atom. The van der Waals surface area contributed by atoms with E-state index in [2.05, 4.69) is 31.0 Å². The molecule has 0 amide bonds. The number of anilines is 1. The number of halogens is 1. The molecule has 5 N–H and O–H groups in total. The first-order chi connectivity index (χ1) is 9.54. The Kier molecular flexibility index (Phi) is 3.34. The van der Waals surface area contributed by atoms with Gasteiger partial charge < -0.3 is 25.8 Å². The van der Waals surface area contributed by atoms with Gasteiger partial charge in [-0.1, -0.05) is 0 Å². The number of nitrogens with zero attached hydrogens (tertiary/aromatic N) is 4. The predicted octanol–water partition coefficient (Wildman–Crippen LogP) is -1.22. The number of nitrogen functional groups attached to an aromatic ring is 1. The smallest absolute Gasteiger partial charge is 0.181 e. The fourth-order valence-corrected chi connectivity index (χ4v) is 2.76. The van der Waals surface area contributed by atoms with Gasteiger partial charge in [0, 0.05) is 0 Å². The number of hydrogen-bond acceptors (Lipinski definition) is 8. The van der Waals surface area contributed by atoms with E-state index < -0.39 is 31.1 Å². The molecule has 1 fully saturated rings. The van der Waals surface area contributed by atoms with Crippen molar-refractivity contribution in [2.24, 2.45) is 0 Å². The van der Waals surface area contributed by atoms with Crippen molar-refractivity contribution in [1.29, 1.82) is 0 Å². The quantitative estimate of drug-likeness (QED) is 0.531. The van der Waals surface area contributed by atoms with Gasteiger partial charge in [0.05, 0.1) is 12.0 Å². The summed E-state index contributed by atoms with van der Waals surface area (Å²) in [6.07, 6.45) is -3.03. The zero-order valence-electron chi connectivity index (χ0n) is 10.1. The van der Waals surface area contributed by atoms with Crippen LogP contribution in [0.5, 0.6) is 0 Å². The lowest BCUT2D eigenvalue weighted by atomic mass is 10.1. The van der Waals surface area contributed by atoms with Crippen LogP contribution < -0.4 is 5.73 Å². The highest BCUT2D eigenvalue weighted by Crippen LogP contribution is 2.34. The molecule has 4 atom stereocenters. The van der Waals surface area contributed by atoms with Gasteiger partial charge in [-0.25, -0.2) is 14.6 Å². The lowest BCUT2D eigenvalue weighted by molar-refractivity contribution is -0.0567. The van der Waals surface area contributed by atoms with E-state index in [0.717, 1.165) is 0 Å². The number of ether oxygens (including phenoxy) is 1. The molecule has 3 heterocycles. The highest BCUT2D eigenvalue weighted by atomic mass is 79.9. The maximum absolute atomic E-state index is 10.0. The Hall–Kier alpha value is -1.33. The summed E-state index contributed by atoms with van der Waals surface area (Å²) in [5, 5.41) is 33.5. The van der Waals surface area contributed by atoms with Crippen molar-refractivity contribution in [2.75, 3.05) is 12.3 Å².